The van der Waals surface area contributed by atoms with Crippen LogP contribution in [0.4, 0.5) is 0 Å². The van der Waals surface area contributed by atoms with Gasteiger partial charge in [0.05, 0.1) is 0 Å². The molecule has 0 rings (SSSR count). The van der Waals surface area contributed by atoms with Gasteiger partial charge in [-0.2, -0.15) is 0 Å². The number of carbonyl (C=O) groups excluding carboxylic acids is 3. The van der Waals surface area contributed by atoms with Crippen LogP contribution in [0, 0.1) is 0 Å². The van der Waals surface area contributed by atoms with E-state index >= 15 is 0 Å². The largest absolute Gasteiger partial charge is 0.462 e. The molecule has 1 unspecified atom stereocenters. The number of ether oxygens (including phenoxy) is 3. The number of hydrogen-bond donors (Lipinski definition) is 0. The molecule has 0 aromatic carbocycles. The quantitative estimate of drug-likeness (QED) is 0.0261. The second-order valence-electron chi connectivity index (χ2n) is 23.8. The number of carbonyl (C=O) groups is 3. The third-order valence-corrected chi connectivity index (χ3v) is 15.6. The maximum Gasteiger partial charge on any atom is 0.306 e. The summed E-state index contributed by atoms with van der Waals surface area (Å²) in [5, 5.41) is 0. The molecule has 0 aliphatic carbocycles. The molecule has 0 N–H and O–H groups in total. The Morgan fingerprint density at radius 1 is 0.244 bits per heavy atom. The van der Waals surface area contributed by atoms with Crippen molar-refractivity contribution < 1.29 is 28.6 Å². The average molecular weight is 1140 g/mol. The van der Waals surface area contributed by atoms with E-state index in [1.54, 1.807) is 0 Å². The summed E-state index contributed by atoms with van der Waals surface area (Å²) in [6, 6.07) is 0. The second-order valence-corrected chi connectivity index (χ2v) is 23.8. The number of allylic oxidation sites excluding steroid dienone is 14. The molecule has 0 saturated carbocycles. The van der Waals surface area contributed by atoms with Gasteiger partial charge in [0.15, 0.2) is 6.10 Å². The third kappa shape index (κ3) is 67.4. The van der Waals surface area contributed by atoms with Crippen LogP contribution in [0.15, 0.2) is 85.1 Å². The van der Waals surface area contributed by atoms with Crippen LogP contribution in [-0.2, 0) is 28.6 Å². The van der Waals surface area contributed by atoms with E-state index in [1.807, 2.05) is 0 Å². The van der Waals surface area contributed by atoms with Crippen molar-refractivity contribution in [2.24, 2.45) is 0 Å². The van der Waals surface area contributed by atoms with Crippen molar-refractivity contribution in [2.75, 3.05) is 13.2 Å². The lowest BCUT2D eigenvalue weighted by Gasteiger charge is -2.18. The first-order chi connectivity index (χ1) is 40.5. The zero-order valence-electron chi connectivity index (χ0n) is 54.5. The fourth-order valence-electron chi connectivity index (χ4n) is 10.2. The molecule has 6 nitrogen and oxygen atoms in total. The van der Waals surface area contributed by atoms with Gasteiger partial charge in [-0.15, -0.1) is 0 Å². The third-order valence-electron chi connectivity index (χ3n) is 15.6. The lowest BCUT2D eigenvalue weighted by molar-refractivity contribution is -0.167. The summed E-state index contributed by atoms with van der Waals surface area (Å²) in [7, 11) is 0. The van der Waals surface area contributed by atoms with E-state index in [0.29, 0.717) is 19.3 Å². The molecule has 0 aromatic heterocycles. The van der Waals surface area contributed by atoms with E-state index < -0.39 is 6.10 Å². The number of hydrogen-bond acceptors (Lipinski definition) is 6. The van der Waals surface area contributed by atoms with Gasteiger partial charge in [0.1, 0.15) is 13.2 Å². The van der Waals surface area contributed by atoms with Gasteiger partial charge in [-0.1, -0.05) is 311 Å². The maximum atomic E-state index is 13.0. The zero-order chi connectivity index (χ0) is 59.2. The van der Waals surface area contributed by atoms with E-state index in [2.05, 4.69) is 106 Å². The average Bonchev–Trinajstić information content (AvgIpc) is 3.47. The summed E-state index contributed by atoms with van der Waals surface area (Å²) in [6.07, 6.45) is 93.2. The normalized spacial score (nSPS) is 12.6. The molecule has 82 heavy (non-hydrogen) atoms. The van der Waals surface area contributed by atoms with E-state index in [0.717, 1.165) is 103 Å². The molecule has 0 aliphatic heterocycles. The highest BCUT2D eigenvalue weighted by molar-refractivity contribution is 5.71. The van der Waals surface area contributed by atoms with Crippen molar-refractivity contribution in [1.29, 1.82) is 0 Å². The summed E-state index contributed by atoms with van der Waals surface area (Å²) in [5.41, 5.74) is 0. The lowest BCUT2D eigenvalue weighted by Crippen LogP contribution is -2.30. The van der Waals surface area contributed by atoms with E-state index in [4.69, 9.17) is 14.2 Å². The molecule has 0 spiro atoms. The Balaban J connectivity index is 4.30. The molecule has 0 fully saturated rings. The van der Waals surface area contributed by atoms with Crippen LogP contribution in [-0.4, -0.2) is 37.2 Å². The topological polar surface area (TPSA) is 78.9 Å². The minimum atomic E-state index is -0.788. The van der Waals surface area contributed by atoms with Crippen molar-refractivity contribution in [3.63, 3.8) is 0 Å². The molecule has 474 valence electrons. The Hall–Kier alpha value is -3.41. The standard InChI is InChI=1S/C76H134O6/c1-4-7-10-13-16-19-22-25-28-30-32-34-36-37-38-39-41-42-44-46-48-51-54-57-60-63-66-69-75(78)81-72-73(71-80-74(77)68-65-62-59-56-53-50-27-24-21-18-15-12-9-6-3)82-76(79)70-67-64-61-58-55-52-49-47-45-43-40-35-33-31-29-26-23-20-17-14-11-8-5-2/h15,18,22-27,30-33,40,43,73H,4-14,16-17,19-21,28-29,34-39,41-42,44-72H2,1-3H3/b18-15-,25-22-,26-23-,27-24-,32-30-,33-31-,43-40-. The minimum Gasteiger partial charge on any atom is -0.462 e. The highest BCUT2D eigenvalue weighted by atomic mass is 16.6. The monoisotopic (exact) mass is 1140 g/mol. The van der Waals surface area contributed by atoms with Crippen LogP contribution in [0.25, 0.3) is 0 Å². The Kier molecular flexibility index (Phi) is 67.2. The summed E-state index contributed by atoms with van der Waals surface area (Å²) in [6.45, 7) is 6.60. The molecule has 0 heterocycles. The first-order valence-corrected chi connectivity index (χ1v) is 35.6. The van der Waals surface area contributed by atoms with Crippen LogP contribution in [0.2, 0.25) is 0 Å². The second kappa shape index (κ2) is 70.1. The zero-order valence-corrected chi connectivity index (χ0v) is 54.5. The summed E-state index contributed by atoms with van der Waals surface area (Å²) in [5.74, 6) is -0.887. The molecular formula is C76H134O6. The Labute approximate surface area is 509 Å². The van der Waals surface area contributed by atoms with Gasteiger partial charge in [0.2, 0.25) is 0 Å². The van der Waals surface area contributed by atoms with E-state index in [1.165, 1.54) is 218 Å². The van der Waals surface area contributed by atoms with Crippen molar-refractivity contribution >= 4 is 17.9 Å². The molecule has 0 aromatic rings. The Morgan fingerprint density at radius 3 is 0.720 bits per heavy atom. The molecule has 0 saturated heterocycles. The van der Waals surface area contributed by atoms with Crippen LogP contribution < -0.4 is 0 Å². The highest BCUT2D eigenvalue weighted by Crippen LogP contribution is 2.17. The fraction of sp³-hybridized carbons (Fsp3) is 0.776. The van der Waals surface area contributed by atoms with Crippen LogP contribution >= 0.6 is 0 Å². The summed E-state index contributed by atoms with van der Waals surface area (Å²) < 4.78 is 17.0. The van der Waals surface area contributed by atoms with Gasteiger partial charge in [0.25, 0.3) is 0 Å². The van der Waals surface area contributed by atoms with Gasteiger partial charge in [-0.05, 0) is 116 Å². The molecule has 0 amide bonds. The van der Waals surface area contributed by atoms with Gasteiger partial charge in [-0.3, -0.25) is 14.4 Å². The number of esters is 3. The van der Waals surface area contributed by atoms with Gasteiger partial charge >= 0.3 is 17.9 Å². The summed E-state index contributed by atoms with van der Waals surface area (Å²) >= 11 is 0. The fourth-order valence-corrected chi connectivity index (χ4v) is 10.2. The molecule has 0 bridgehead atoms. The predicted molar refractivity (Wildman–Crippen MR) is 358 cm³/mol. The van der Waals surface area contributed by atoms with Crippen LogP contribution in [0.5, 0.6) is 0 Å². The van der Waals surface area contributed by atoms with Crippen molar-refractivity contribution in [2.45, 2.75) is 367 Å². The summed E-state index contributed by atoms with van der Waals surface area (Å²) in [4.78, 5) is 38.4. The van der Waals surface area contributed by atoms with Gasteiger partial charge in [0, 0.05) is 19.3 Å². The van der Waals surface area contributed by atoms with Crippen molar-refractivity contribution in [1.82, 2.24) is 0 Å². The SMILES string of the molecule is CCCC/C=C\C/C=C\CCCCCCCC(=O)OCC(COC(=O)CCCCCCCCCCCCCCCCC/C=C\C/C=C\CCCCCCC)OC(=O)CCCCCCCCCC/C=C\C/C=C\C/C=C\CCCCCCC. The lowest BCUT2D eigenvalue weighted by atomic mass is 10.0. The number of unbranched alkanes of at least 4 members (excludes halogenated alkanes) is 40. The number of rotatable bonds is 65. The van der Waals surface area contributed by atoms with Gasteiger partial charge < -0.3 is 14.2 Å². The minimum absolute atomic E-state index is 0.0822. The highest BCUT2D eigenvalue weighted by Gasteiger charge is 2.19. The van der Waals surface area contributed by atoms with Crippen molar-refractivity contribution in [3.8, 4) is 0 Å². The molecule has 1 atom stereocenters. The van der Waals surface area contributed by atoms with Crippen LogP contribution in [0.1, 0.15) is 361 Å². The maximum absolute atomic E-state index is 13.0. The molecular weight excluding hydrogens is 1010 g/mol. The first-order valence-electron chi connectivity index (χ1n) is 35.6. The van der Waals surface area contributed by atoms with E-state index in [9.17, 15) is 14.4 Å². The van der Waals surface area contributed by atoms with Crippen LogP contribution in [0.3, 0.4) is 0 Å². The van der Waals surface area contributed by atoms with Crippen molar-refractivity contribution in [3.05, 3.63) is 85.1 Å². The molecule has 6 heteroatoms. The predicted octanol–water partition coefficient (Wildman–Crippen LogP) is 24.6. The first kappa shape index (κ1) is 78.6. The smallest absolute Gasteiger partial charge is 0.306 e. The van der Waals surface area contributed by atoms with Gasteiger partial charge in [-0.25, -0.2) is 0 Å². The Bertz CT molecular complexity index is 1550. The molecule has 0 radical (unpaired) electrons. The molecule has 0 aliphatic rings. The van der Waals surface area contributed by atoms with E-state index in [-0.39, 0.29) is 31.1 Å². The Morgan fingerprint density at radius 2 is 0.451 bits per heavy atom.